The Balaban J connectivity index is 2.11. The zero-order valence-corrected chi connectivity index (χ0v) is 9.56. The second-order valence-electron chi connectivity index (χ2n) is 4.66. The molecule has 0 spiro atoms. The number of benzene rings is 1. The lowest BCUT2D eigenvalue weighted by Crippen LogP contribution is -2.19. The second-order valence-corrected chi connectivity index (χ2v) is 4.66. The normalized spacial score (nSPS) is 15.7. The Morgan fingerprint density at radius 2 is 2.29 bits per heavy atom. The molecule has 1 aliphatic rings. The number of hydrogen-bond acceptors (Lipinski definition) is 3. The summed E-state index contributed by atoms with van der Waals surface area (Å²) in [5, 5.41) is 9.03. The Labute approximate surface area is 99.7 Å². The average molecular weight is 226 g/mol. The fourth-order valence-electron chi connectivity index (χ4n) is 2.38. The average Bonchev–Trinajstić information content (AvgIpc) is 2.59. The van der Waals surface area contributed by atoms with Crippen molar-refractivity contribution in [2.75, 3.05) is 5.73 Å². The van der Waals surface area contributed by atoms with Crippen LogP contribution in [0.5, 0.6) is 0 Å². The molecule has 1 heterocycles. The Bertz CT molecular complexity index is 602. The summed E-state index contributed by atoms with van der Waals surface area (Å²) < 4.78 is 2.04. The van der Waals surface area contributed by atoms with E-state index in [-0.39, 0.29) is 0 Å². The summed E-state index contributed by atoms with van der Waals surface area (Å²) >= 11 is 0. The van der Waals surface area contributed by atoms with Gasteiger partial charge in [-0.15, -0.1) is 0 Å². The maximum atomic E-state index is 9.03. The monoisotopic (exact) mass is 226 g/mol. The summed E-state index contributed by atoms with van der Waals surface area (Å²) in [6.07, 6.45) is 3.87. The molecule has 4 heteroatoms. The van der Waals surface area contributed by atoms with Crippen LogP contribution in [0.25, 0.3) is 11.0 Å². The van der Waals surface area contributed by atoms with Crippen LogP contribution in [0.15, 0.2) is 18.2 Å². The van der Waals surface area contributed by atoms with Crippen molar-refractivity contribution in [3.8, 4) is 6.07 Å². The SMILES string of the molecule is N#Cc1cccc2c1nc(N)n2CC1CCC1. The van der Waals surface area contributed by atoms with E-state index in [1.807, 2.05) is 16.7 Å². The highest BCUT2D eigenvalue weighted by Crippen LogP contribution is 2.30. The van der Waals surface area contributed by atoms with Gasteiger partial charge < -0.3 is 10.3 Å². The van der Waals surface area contributed by atoms with E-state index in [9.17, 15) is 0 Å². The summed E-state index contributed by atoms with van der Waals surface area (Å²) in [4.78, 5) is 4.31. The Hall–Kier alpha value is -2.02. The number of rotatable bonds is 2. The topological polar surface area (TPSA) is 67.6 Å². The van der Waals surface area contributed by atoms with Crippen LogP contribution in [0.3, 0.4) is 0 Å². The predicted octanol–water partition coefficient (Wildman–Crippen LogP) is 2.29. The van der Waals surface area contributed by atoms with E-state index in [0.717, 1.165) is 23.5 Å². The molecule has 2 aromatic rings. The Morgan fingerprint density at radius 3 is 2.94 bits per heavy atom. The van der Waals surface area contributed by atoms with Crippen molar-refractivity contribution in [2.24, 2.45) is 5.92 Å². The van der Waals surface area contributed by atoms with Gasteiger partial charge in [0.25, 0.3) is 0 Å². The number of imidazole rings is 1. The maximum Gasteiger partial charge on any atom is 0.201 e. The Morgan fingerprint density at radius 1 is 1.47 bits per heavy atom. The molecule has 1 aromatic heterocycles. The molecule has 0 unspecified atom stereocenters. The van der Waals surface area contributed by atoms with Gasteiger partial charge in [0.2, 0.25) is 5.95 Å². The molecule has 3 rings (SSSR count). The van der Waals surface area contributed by atoms with Crippen molar-refractivity contribution < 1.29 is 0 Å². The minimum absolute atomic E-state index is 0.523. The quantitative estimate of drug-likeness (QED) is 0.854. The number of nitrogens with two attached hydrogens (primary N) is 1. The third-order valence-electron chi connectivity index (χ3n) is 3.59. The molecule has 0 radical (unpaired) electrons. The molecule has 0 bridgehead atoms. The zero-order chi connectivity index (χ0) is 11.8. The van der Waals surface area contributed by atoms with E-state index in [1.54, 1.807) is 6.07 Å². The first kappa shape index (κ1) is 10.2. The second kappa shape index (κ2) is 3.77. The number of fused-ring (bicyclic) bond motifs is 1. The van der Waals surface area contributed by atoms with Crippen LogP contribution in [0.1, 0.15) is 24.8 Å². The lowest BCUT2D eigenvalue weighted by Gasteiger charge is -2.26. The van der Waals surface area contributed by atoms with Gasteiger partial charge in [0.15, 0.2) is 0 Å². The van der Waals surface area contributed by atoms with E-state index in [2.05, 4.69) is 11.1 Å². The molecule has 1 fully saturated rings. The number of nitriles is 1. The lowest BCUT2D eigenvalue weighted by molar-refractivity contribution is 0.281. The van der Waals surface area contributed by atoms with Gasteiger partial charge in [-0.2, -0.15) is 5.26 Å². The highest BCUT2D eigenvalue weighted by atomic mass is 15.2. The first-order valence-corrected chi connectivity index (χ1v) is 5.94. The van der Waals surface area contributed by atoms with Crippen molar-refractivity contribution in [1.82, 2.24) is 9.55 Å². The lowest BCUT2D eigenvalue weighted by atomic mass is 9.85. The van der Waals surface area contributed by atoms with E-state index in [4.69, 9.17) is 11.0 Å². The van der Waals surface area contributed by atoms with Gasteiger partial charge in [0.05, 0.1) is 11.1 Å². The predicted molar refractivity (Wildman–Crippen MR) is 66.2 cm³/mol. The van der Waals surface area contributed by atoms with Gasteiger partial charge >= 0.3 is 0 Å². The summed E-state index contributed by atoms with van der Waals surface area (Å²) in [5.41, 5.74) is 8.25. The fourth-order valence-corrected chi connectivity index (χ4v) is 2.38. The van der Waals surface area contributed by atoms with Crippen LogP contribution < -0.4 is 5.73 Å². The molecular weight excluding hydrogens is 212 g/mol. The molecule has 4 nitrogen and oxygen atoms in total. The van der Waals surface area contributed by atoms with Gasteiger partial charge in [-0.05, 0) is 30.9 Å². The third kappa shape index (κ3) is 1.55. The number of aromatic nitrogens is 2. The van der Waals surface area contributed by atoms with Gasteiger partial charge in [0.1, 0.15) is 11.6 Å². The van der Waals surface area contributed by atoms with Crippen molar-refractivity contribution in [3.05, 3.63) is 23.8 Å². The minimum Gasteiger partial charge on any atom is -0.369 e. The van der Waals surface area contributed by atoms with Crippen molar-refractivity contribution >= 4 is 17.0 Å². The first-order valence-electron chi connectivity index (χ1n) is 5.94. The van der Waals surface area contributed by atoms with Gasteiger partial charge in [-0.1, -0.05) is 12.5 Å². The molecular formula is C13H14N4. The first-order chi connectivity index (χ1) is 8.29. The Kier molecular flexibility index (Phi) is 2.25. The number of anilines is 1. The molecule has 0 saturated heterocycles. The van der Waals surface area contributed by atoms with Gasteiger partial charge in [-0.25, -0.2) is 4.98 Å². The van der Waals surface area contributed by atoms with Crippen molar-refractivity contribution in [1.29, 1.82) is 5.26 Å². The molecule has 17 heavy (non-hydrogen) atoms. The number of hydrogen-bond donors (Lipinski definition) is 1. The number of nitrogens with zero attached hydrogens (tertiary/aromatic N) is 3. The largest absolute Gasteiger partial charge is 0.369 e. The molecule has 2 N–H and O–H groups in total. The highest BCUT2D eigenvalue weighted by molar-refractivity contribution is 5.83. The van der Waals surface area contributed by atoms with Crippen LogP contribution in [0.2, 0.25) is 0 Å². The molecule has 86 valence electrons. The van der Waals surface area contributed by atoms with E-state index in [0.29, 0.717) is 11.5 Å². The van der Waals surface area contributed by atoms with Crippen LogP contribution >= 0.6 is 0 Å². The van der Waals surface area contributed by atoms with E-state index < -0.39 is 0 Å². The fraction of sp³-hybridized carbons (Fsp3) is 0.385. The van der Waals surface area contributed by atoms with E-state index >= 15 is 0 Å². The van der Waals surface area contributed by atoms with Crippen LogP contribution in [0.4, 0.5) is 5.95 Å². The summed E-state index contributed by atoms with van der Waals surface area (Å²) in [6, 6.07) is 7.81. The van der Waals surface area contributed by atoms with Crippen LogP contribution in [0, 0.1) is 17.2 Å². The van der Waals surface area contributed by atoms with Gasteiger partial charge in [0, 0.05) is 6.54 Å². The third-order valence-corrected chi connectivity index (χ3v) is 3.59. The number of para-hydroxylation sites is 1. The summed E-state index contributed by atoms with van der Waals surface area (Å²) in [7, 11) is 0. The van der Waals surface area contributed by atoms with Gasteiger partial charge in [-0.3, -0.25) is 0 Å². The van der Waals surface area contributed by atoms with Crippen LogP contribution in [-0.2, 0) is 6.54 Å². The summed E-state index contributed by atoms with van der Waals surface area (Å²) in [5.74, 6) is 1.25. The van der Waals surface area contributed by atoms with Crippen LogP contribution in [-0.4, -0.2) is 9.55 Å². The molecule has 0 aliphatic heterocycles. The summed E-state index contributed by atoms with van der Waals surface area (Å²) in [6.45, 7) is 0.928. The highest BCUT2D eigenvalue weighted by Gasteiger charge is 2.20. The van der Waals surface area contributed by atoms with Crippen molar-refractivity contribution in [3.63, 3.8) is 0 Å². The molecule has 1 saturated carbocycles. The standard InChI is InChI=1S/C13H14N4/c14-7-10-5-2-6-11-12(10)16-13(15)17(11)8-9-3-1-4-9/h2,5-6,9H,1,3-4,8H2,(H2,15,16). The molecule has 1 aromatic carbocycles. The van der Waals surface area contributed by atoms with E-state index in [1.165, 1.54) is 19.3 Å². The number of nitrogen functional groups attached to an aromatic ring is 1. The smallest absolute Gasteiger partial charge is 0.201 e. The maximum absolute atomic E-state index is 9.03. The molecule has 0 atom stereocenters. The van der Waals surface area contributed by atoms with Crippen molar-refractivity contribution in [2.45, 2.75) is 25.8 Å². The zero-order valence-electron chi connectivity index (χ0n) is 9.56. The minimum atomic E-state index is 0.523. The molecule has 0 amide bonds. The molecule has 1 aliphatic carbocycles.